The molecule has 1 aliphatic rings. The largest absolute Gasteiger partial charge is 0.311 e. The van der Waals surface area contributed by atoms with E-state index in [1.54, 1.807) is 11.3 Å². The number of rotatable bonds is 9. The summed E-state index contributed by atoms with van der Waals surface area (Å²) in [7, 11) is 0. The lowest BCUT2D eigenvalue weighted by atomic mass is 10.3. The molecule has 1 aliphatic carbocycles. The highest BCUT2D eigenvalue weighted by Crippen LogP contribution is 2.28. The monoisotopic (exact) mass is 267 g/mol. The molecule has 1 N–H and O–H groups in total. The van der Waals surface area contributed by atoms with Crippen LogP contribution in [-0.2, 0) is 13.1 Å². The zero-order valence-electron chi connectivity index (χ0n) is 11.6. The molecule has 1 saturated carbocycles. The summed E-state index contributed by atoms with van der Waals surface area (Å²) in [5.74, 6) is 0. The van der Waals surface area contributed by atoms with Crippen molar-refractivity contribution in [3.63, 3.8) is 0 Å². The van der Waals surface area contributed by atoms with E-state index in [1.807, 2.05) is 0 Å². The van der Waals surface area contributed by atoms with Crippen molar-refractivity contribution in [3.05, 3.63) is 16.1 Å². The molecular weight excluding hydrogens is 242 g/mol. The van der Waals surface area contributed by atoms with E-state index in [0.29, 0.717) is 0 Å². The smallest absolute Gasteiger partial charge is 0.107 e. The van der Waals surface area contributed by atoms with Crippen LogP contribution in [0.25, 0.3) is 0 Å². The summed E-state index contributed by atoms with van der Waals surface area (Å²) in [6.45, 7) is 8.62. The van der Waals surface area contributed by atoms with E-state index in [9.17, 15) is 0 Å². The molecule has 0 unspecified atom stereocenters. The fraction of sp³-hybridized carbons (Fsp3) is 0.786. The van der Waals surface area contributed by atoms with Gasteiger partial charge in [0.05, 0.1) is 5.69 Å². The number of thiazole rings is 1. The van der Waals surface area contributed by atoms with Crippen LogP contribution in [0.4, 0.5) is 0 Å². The summed E-state index contributed by atoms with van der Waals surface area (Å²) in [5, 5.41) is 6.79. The van der Waals surface area contributed by atoms with Crippen LogP contribution in [0.3, 0.4) is 0 Å². The second kappa shape index (κ2) is 7.22. The molecule has 0 aromatic carbocycles. The number of aromatic nitrogens is 1. The molecule has 102 valence electrons. The first kappa shape index (κ1) is 14.0. The fourth-order valence-electron chi connectivity index (χ4n) is 2.13. The quantitative estimate of drug-likeness (QED) is 0.745. The molecule has 1 heterocycles. The van der Waals surface area contributed by atoms with Crippen molar-refractivity contribution in [3.8, 4) is 0 Å². The highest BCUT2D eigenvalue weighted by atomic mass is 32.1. The highest BCUT2D eigenvalue weighted by molar-refractivity contribution is 7.09. The Kier molecular flexibility index (Phi) is 5.60. The Morgan fingerprint density at radius 3 is 2.94 bits per heavy atom. The van der Waals surface area contributed by atoms with Crippen LogP contribution in [0, 0.1) is 0 Å². The average molecular weight is 267 g/mol. The number of nitrogens with zero attached hydrogens (tertiary/aromatic N) is 2. The van der Waals surface area contributed by atoms with Gasteiger partial charge in [-0.3, -0.25) is 4.90 Å². The van der Waals surface area contributed by atoms with Gasteiger partial charge in [-0.05, 0) is 32.4 Å². The maximum Gasteiger partial charge on any atom is 0.107 e. The van der Waals surface area contributed by atoms with Gasteiger partial charge in [0.15, 0.2) is 0 Å². The molecule has 0 amide bonds. The second-order valence-corrected chi connectivity index (χ2v) is 6.01. The number of hydrogen-bond donors (Lipinski definition) is 1. The van der Waals surface area contributed by atoms with Crippen molar-refractivity contribution in [2.45, 2.75) is 58.7 Å². The van der Waals surface area contributed by atoms with Crippen LogP contribution in [0.5, 0.6) is 0 Å². The van der Waals surface area contributed by atoms with Gasteiger partial charge in [0, 0.05) is 24.5 Å². The van der Waals surface area contributed by atoms with Crippen molar-refractivity contribution in [1.29, 1.82) is 0 Å². The topological polar surface area (TPSA) is 28.2 Å². The molecule has 1 aromatic heterocycles. The number of hydrogen-bond acceptors (Lipinski definition) is 4. The Hall–Kier alpha value is -0.450. The van der Waals surface area contributed by atoms with E-state index >= 15 is 0 Å². The lowest BCUT2D eigenvalue weighted by molar-refractivity contribution is 0.248. The minimum absolute atomic E-state index is 0.843. The Balaban J connectivity index is 1.83. The average Bonchev–Trinajstić information content (AvgIpc) is 3.13. The van der Waals surface area contributed by atoms with Crippen molar-refractivity contribution in [2.24, 2.45) is 0 Å². The van der Waals surface area contributed by atoms with Gasteiger partial charge in [0.1, 0.15) is 5.01 Å². The maximum atomic E-state index is 4.72. The number of nitrogens with one attached hydrogen (secondary N) is 1. The van der Waals surface area contributed by atoms with Crippen LogP contribution in [-0.4, -0.2) is 29.0 Å². The molecule has 0 aliphatic heterocycles. The van der Waals surface area contributed by atoms with Crippen LogP contribution in [0.15, 0.2) is 5.38 Å². The zero-order valence-corrected chi connectivity index (χ0v) is 12.4. The van der Waals surface area contributed by atoms with Gasteiger partial charge < -0.3 is 5.32 Å². The van der Waals surface area contributed by atoms with Gasteiger partial charge in [-0.25, -0.2) is 4.98 Å². The third-order valence-corrected chi connectivity index (χ3v) is 4.25. The van der Waals surface area contributed by atoms with E-state index in [2.05, 4.69) is 29.4 Å². The van der Waals surface area contributed by atoms with Crippen molar-refractivity contribution in [2.75, 3.05) is 13.1 Å². The van der Waals surface area contributed by atoms with Gasteiger partial charge >= 0.3 is 0 Å². The van der Waals surface area contributed by atoms with E-state index in [1.165, 1.54) is 42.9 Å². The Morgan fingerprint density at radius 2 is 2.28 bits per heavy atom. The predicted molar refractivity (Wildman–Crippen MR) is 77.8 cm³/mol. The van der Waals surface area contributed by atoms with Crippen molar-refractivity contribution >= 4 is 11.3 Å². The SMILES string of the molecule is CCCCN(Cc1csc(CNCC)n1)C1CC1. The molecular formula is C14H25N3S. The van der Waals surface area contributed by atoms with E-state index < -0.39 is 0 Å². The van der Waals surface area contributed by atoms with Gasteiger partial charge in [0.25, 0.3) is 0 Å². The Labute approximate surface area is 115 Å². The summed E-state index contributed by atoms with van der Waals surface area (Å²) in [6.07, 6.45) is 5.37. The third kappa shape index (κ3) is 4.34. The molecule has 2 rings (SSSR count). The van der Waals surface area contributed by atoms with Crippen LogP contribution in [0.2, 0.25) is 0 Å². The summed E-state index contributed by atoms with van der Waals surface area (Å²) >= 11 is 1.79. The van der Waals surface area contributed by atoms with Gasteiger partial charge in [-0.15, -0.1) is 11.3 Å². The molecule has 0 atom stereocenters. The second-order valence-electron chi connectivity index (χ2n) is 5.07. The zero-order chi connectivity index (χ0) is 12.8. The highest BCUT2D eigenvalue weighted by Gasteiger charge is 2.28. The van der Waals surface area contributed by atoms with Crippen LogP contribution in [0.1, 0.15) is 50.2 Å². The lowest BCUT2D eigenvalue weighted by Gasteiger charge is -2.20. The van der Waals surface area contributed by atoms with E-state index in [4.69, 9.17) is 4.98 Å². The van der Waals surface area contributed by atoms with Crippen LogP contribution < -0.4 is 5.32 Å². The molecule has 0 bridgehead atoms. The van der Waals surface area contributed by atoms with E-state index in [0.717, 1.165) is 25.7 Å². The molecule has 0 saturated heterocycles. The normalized spacial score (nSPS) is 15.5. The van der Waals surface area contributed by atoms with Gasteiger partial charge in [-0.2, -0.15) is 0 Å². The molecule has 3 nitrogen and oxygen atoms in total. The van der Waals surface area contributed by atoms with Gasteiger partial charge in [0.2, 0.25) is 0 Å². The predicted octanol–water partition coefficient (Wildman–Crippen LogP) is 3.02. The molecule has 1 fully saturated rings. The first-order valence-electron chi connectivity index (χ1n) is 7.21. The Bertz CT molecular complexity index is 347. The Morgan fingerprint density at radius 1 is 1.44 bits per heavy atom. The molecule has 1 aromatic rings. The summed E-state index contributed by atoms with van der Waals surface area (Å²) < 4.78 is 0. The minimum Gasteiger partial charge on any atom is -0.311 e. The van der Waals surface area contributed by atoms with Crippen molar-refractivity contribution in [1.82, 2.24) is 15.2 Å². The standard InChI is InChI=1S/C14H25N3S/c1-3-5-8-17(13-6-7-13)10-12-11-18-14(16-12)9-15-4-2/h11,13,15H,3-10H2,1-2H3. The number of unbranched alkanes of at least 4 members (excludes halogenated alkanes) is 1. The fourth-order valence-corrected chi connectivity index (χ4v) is 2.89. The van der Waals surface area contributed by atoms with E-state index in [-0.39, 0.29) is 0 Å². The van der Waals surface area contributed by atoms with Crippen LogP contribution >= 0.6 is 11.3 Å². The molecule has 0 radical (unpaired) electrons. The van der Waals surface area contributed by atoms with Gasteiger partial charge in [-0.1, -0.05) is 20.3 Å². The van der Waals surface area contributed by atoms with Crippen molar-refractivity contribution < 1.29 is 0 Å². The third-order valence-electron chi connectivity index (χ3n) is 3.35. The summed E-state index contributed by atoms with van der Waals surface area (Å²) in [6, 6.07) is 0.843. The summed E-state index contributed by atoms with van der Waals surface area (Å²) in [4.78, 5) is 7.34. The molecule has 18 heavy (non-hydrogen) atoms. The first-order valence-corrected chi connectivity index (χ1v) is 8.09. The first-order chi connectivity index (χ1) is 8.83. The molecule has 4 heteroatoms. The lowest BCUT2D eigenvalue weighted by Crippen LogP contribution is -2.26. The summed E-state index contributed by atoms with van der Waals surface area (Å²) in [5.41, 5.74) is 1.26. The molecule has 0 spiro atoms. The minimum atomic E-state index is 0.843. The maximum absolute atomic E-state index is 4.72.